The van der Waals surface area contributed by atoms with Crippen molar-refractivity contribution >= 4 is 29.0 Å². The molecule has 0 heterocycles. The molecule has 0 bridgehead atoms. The number of hydrogen-bond acceptors (Lipinski definition) is 3. The fourth-order valence-corrected chi connectivity index (χ4v) is 3.89. The molecular weight excluding hydrogens is 268 g/mol. The first-order valence-electron chi connectivity index (χ1n) is 7.43. The van der Waals surface area contributed by atoms with E-state index in [-0.39, 0.29) is 5.91 Å². The summed E-state index contributed by atoms with van der Waals surface area (Å²) in [6, 6.07) is 5.57. The maximum Gasteiger partial charge on any atom is 0.224 e. The number of anilines is 2. The van der Waals surface area contributed by atoms with E-state index in [1.54, 1.807) is 0 Å². The fraction of sp³-hybridized carbons (Fsp3) is 0.562. The van der Waals surface area contributed by atoms with Crippen LogP contribution in [0.15, 0.2) is 18.2 Å². The maximum absolute atomic E-state index is 11.9. The summed E-state index contributed by atoms with van der Waals surface area (Å²) in [5, 5.41) is 3.81. The molecule has 1 fully saturated rings. The Morgan fingerprint density at radius 1 is 1.40 bits per heavy atom. The van der Waals surface area contributed by atoms with Gasteiger partial charge in [-0.3, -0.25) is 4.79 Å². The number of carbonyl (C=O) groups excluding carboxylic acids is 1. The Labute approximate surface area is 125 Å². The van der Waals surface area contributed by atoms with Crippen LogP contribution in [0.5, 0.6) is 0 Å². The van der Waals surface area contributed by atoms with Crippen LogP contribution in [-0.2, 0) is 4.79 Å². The zero-order valence-corrected chi connectivity index (χ0v) is 13.0. The van der Waals surface area contributed by atoms with Crippen molar-refractivity contribution in [1.82, 2.24) is 0 Å². The largest absolute Gasteiger partial charge is 0.399 e. The highest BCUT2D eigenvalue weighted by Gasteiger charge is 2.14. The third-order valence-corrected chi connectivity index (χ3v) is 5.20. The molecule has 0 radical (unpaired) electrons. The van der Waals surface area contributed by atoms with E-state index in [9.17, 15) is 4.79 Å². The Hall–Kier alpha value is -1.16. The SMILES string of the molecule is Cc1cc(N)ccc1NC(=O)CCCSC1CCCC1. The topological polar surface area (TPSA) is 55.1 Å². The Kier molecular flexibility index (Phi) is 5.77. The second-order valence-electron chi connectivity index (χ2n) is 5.50. The number of amides is 1. The van der Waals surface area contributed by atoms with Crippen molar-refractivity contribution in [3.8, 4) is 0 Å². The van der Waals surface area contributed by atoms with Crippen LogP contribution in [0, 0.1) is 6.92 Å². The molecule has 1 amide bonds. The van der Waals surface area contributed by atoms with E-state index in [1.807, 2.05) is 36.9 Å². The van der Waals surface area contributed by atoms with E-state index in [0.717, 1.165) is 34.4 Å². The lowest BCUT2D eigenvalue weighted by molar-refractivity contribution is -0.116. The van der Waals surface area contributed by atoms with Gasteiger partial charge in [-0.2, -0.15) is 11.8 Å². The molecule has 1 aromatic rings. The highest BCUT2D eigenvalue weighted by Crippen LogP contribution is 2.29. The Morgan fingerprint density at radius 3 is 2.85 bits per heavy atom. The Bertz CT molecular complexity index is 456. The number of aryl methyl sites for hydroxylation is 1. The zero-order valence-electron chi connectivity index (χ0n) is 12.2. The summed E-state index contributed by atoms with van der Waals surface area (Å²) in [5.74, 6) is 1.20. The number of thioether (sulfide) groups is 1. The van der Waals surface area contributed by atoms with Gasteiger partial charge in [-0.05, 0) is 55.7 Å². The third kappa shape index (κ3) is 4.75. The molecule has 1 aromatic carbocycles. The molecule has 20 heavy (non-hydrogen) atoms. The van der Waals surface area contributed by atoms with Crippen LogP contribution in [0.3, 0.4) is 0 Å². The number of nitrogen functional groups attached to an aromatic ring is 1. The van der Waals surface area contributed by atoms with Gasteiger partial charge in [0.25, 0.3) is 0 Å². The van der Waals surface area contributed by atoms with E-state index in [4.69, 9.17) is 5.73 Å². The number of carbonyl (C=O) groups is 1. The summed E-state index contributed by atoms with van der Waals surface area (Å²) in [6.07, 6.45) is 7.05. The monoisotopic (exact) mass is 292 g/mol. The molecule has 0 unspecified atom stereocenters. The minimum atomic E-state index is 0.102. The molecule has 0 aliphatic heterocycles. The van der Waals surface area contributed by atoms with Gasteiger partial charge in [0, 0.05) is 23.0 Å². The van der Waals surface area contributed by atoms with Crippen molar-refractivity contribution in [2.75, 3.05) is 16.8 Å². The van der Waals surface area contributed by atoms with Crippen LogP contribution < -0.4 is 11.1 Å². The molecule has 1 saturated carbocycles. The van der Waals surface area contributed by atoms with Gasteiger partial charge < -0.3 is 11.1 Å². The first-order valence-corrected chi connectivity index (χ1v) is 8.47. The second kappa shape index (κ2) is 7.58. The first kappa shape index (κ1) is 15.2. The molecule has 4 heteroatoms. The van der Waals surface area contributed by atoms with Crippen LogP contribution in [0.2, 0.25) is 0 Å². The molecule has 0 spiro atoms. The molecular formula is C16H24N2OS. The van der Waals surface area contributed by atoms with E-state index >= 15 is 0 Å². The van der Waals surface area contributed by atoms with Crippen LogP contribution in [0.25, 0.3) is 0 Å². The lowest BCUT2D eigenvalue weighted by Crippen LogP contribution is -2.12. The number of nitrogens with two attached hydrogens (primary N) is 1. The van der Waals surface area contributed by atoms with Crippen LogP contribution in [0.1, 0.15) is 44.1 Å². The molecule has 0 atom stereocenters. The molecule has 1 aliphatic carbocycles. The Balaban J connectivity index is 1.67. The van der Waals surface area contributed by atoms with Crippen molar-refractivity contribution in [3.05, 3.63) is 23.8 Å². The molecule has 0 saturated heterocycles. The molecule has 0 aromatic heterocycles. The molecule has 1 aliphatic rings. The van der Waals surface area contributed by atoms with Crippen LogP contribution >= 0.6 is 11.8 Å². The number of hydrogen-bond donors (Lipinski definition) is 2. The third-order valence-electron chi connectivity index (χ3n) is 3.73. The van der Waals surface area contributed by atoms with Gasteiger partial charge in [-0.15, -0.1) is 0 Å². The predicted octanol–water partition coefficient (Wildman–Crippen LogP) is 3.97. The lowest BCUT2D eigenvalue weighted by Gasteiger charge is -2.10. The normalized spacial score (nSPS) is 15.4. The minimum absolute atomic E-state index is 0.102. The number of benzene rings is 1. The highest BCUT2D eigenvalue weighted by molar-refractivity contribution is 7.99. The standard InChI is InChI=1S/C16H24N2OS/c1-12-11-13(17)8-9-15(12)18-16(19)7-4-10-20-14-5-2-3-6-14/h8-9,11,14H,2-7,10,17H2,1H3,(H,18,19). The average Bonchev–Trinajstić information content (AvgIpc) is 2.91. The summed E-state index contributed by atoms with van der Waals surface area (Å²) < 4.78 is 0. The summed E-state index contributed by atoms with van der Waals surface area (Å²) >= 11 is 2.04. The van der Waals surface area contributed by atoms with E-state index < -0.39 is 0 Å². The predicted molar refractivity (Wildman–Crippen MR) is 88.2 cm³/mol. The lowest BCUT2D eigenvalue weighted by atomic mass is 10.1. The van der Waals surface area contributed by atoms with Gasteiger partial charge in [0.1, 0.15) is 0 Å². The molecule has 3 N–H and O–H groups in total. The average molecular weight is 292 g/mol. The van der Waals surface area contributed by atoms with Gasteiger partial charge in [0.05, 0.1) is 0 Å². The van der Waals surface area contributed by atoms with Crippen molar-refractivity contribution in [2.24, 2.45) is 0 Å². The molecule has 2 rings (SSSR count). The summed E-state index contributed by atoms with van der Waals surface area (Å²) in [6.45, 7) is 1.96. The maximum atomic E-state index is 11.9. The number of nitrogens with one attached hydrogen (secondary N) is 1. The highest BCUT2D eigenvalue weighted by atomic mass is 32.2. The second-order valence-corrected chi connectivity index (χ2v) is 6.91. The minimum Gasteiger partial charge on any atom is -0.399 e. The van der Waals surface area contributed by atoms with Crippen LogP contribution in [-0.4, -0.2) is 16.9 Å². The zero-order chi connectivity index (χ0) is 14.4. The van der Waals surface area contributed by atoms with E-state index in [2.05, 4.69) is 5.32 Å². The molecule has 110 valence electrons. The van der Waals surface area contributed by atoms with Gasteiger partial charge in [0.2, 0.25) is 5.91 Å². The fourth-order valence-electron chi connectivity index (χ4n) is 2.58. The summed E-state index contributed by atoms with van der Waals surface area (Å²) in [5.41, 5.74) is 8.31. The van der Waals surface area contributed by atoms with Gasteiger partial charge in [-0.1, -0.05) is 12.8 Å². The van der Waals surface area contributed by atoms with Gasteiger partial charge in [0.15, 0.2) is 0 Å². The van der Waals surface area contributed by atoms with Crippen molar-refractivity contribution in [1.29, 1.82) is 0 Å². The van der Waals surface area contributed by atoms with E-state index in [0.29, 0.717) is 6.42 Å². The van der Waals surface area contributed by atoms with Crippen molar-refractivity contribution < 1.29 is 4.79 Å². The quantitative estimate of drug-likeness (QED) is 0.616. The molecule has 3 nitrogen and oxygen atoms in total. The van der Waals surface area contributed by atoms with Crippen LogP contribution in [0.4, 0.5) is 11.4 Å². The van der Waals surface area contributed by atoms with Gasteiger partial charge in [-0.25, -0.2) is 0 Å². The smallest absolute Gasteiger partial charge is 0.224 e. The Morgan fingerprint density at radius 2 is 2.15 bits per heavy atom. The van der Waals surface area contributed by atoms with Crippen molar-refractivity contribution in [2.45, 2.75) is 50.7 Å². The summed E-state index contributed by atoms with van der Waals surface area (Å²) in [7, 11) is 0. The van der Waals surface area contributed by atoms with E-state index in [1.165, 1.54) is 25.7 Å². The van der Waals surface area contributed by atoms with Crippen molar-refractivity contribution in [3.63, 3.8) is 0 Å². The summed E-state index contributed by atoms with van der Waals surface area (Å²) in [4.78, 5) is 11.9. The first-order chi connectivity index (χ1) is 9.65. The number of rotatable bonds is 6. The van der Waals surface area contributed by atoms with Gasteiger partial charge >= 0.3 is 0 Å².